The van der Waals surface area contributed by atoms with Gasteiger partial charge in [0, 0.05) is 48.8 Å². The molecule has 5 heteroatoms. The van der Waals surface area contributed by atoms with E-state index in [-0.39, 0.29) is 0 Å². The summed E-state index contributed by atoms with van der Waals surface area (Å²) in [7, 11) is 2.02. The molecule has 1 aliphatic rings. The number of pyridine rings is 1. The minimum atomic E-state index is 0.910. The first-order valence-electron chi connectivity index (χ1n) is 8.24. The largest absolute Gasteiger partial charge is 0.333 e. The number of rotatable bonds is 2. The SMILES string of the molecule is Cn1ccnc1-c1nn2c(c1-c1ccnc3ccccc13)CCC2. The molecule has 0 spiro atoms. The molecule has 4 heterocycles. The lowest BCUT2D eigenvalue weighted by atomic mass is 9.97. The second-order valence-electron chi connectivity index (χ2n) is 6.23. The third-order valence-corrected chi connectivity index (χ3v) is 4.79. The zero-order valence-electron chi connectivity index (χ0n) is 13.5. The standard InChI is InChI=1S/C19H17N5/c1-23-12-10-21-19(23)18-17(16-7-4-11-24(16)22-18)14-8-9-20-15-6-3-2-5-13(14)15/h2-3,5-6,8-10,12H,4,7,11H2,1H3. The Morgan fingerprint density at radius 3 is 2.83 bits per heavy atom. The van der Waals surface area contributed by atoms with Gasteiger partial charge in [-0.25, -0.2) is 4.98 Å². The molecule has 0 saturated carbocycles. The van der Waals surface area contributed by atoms with Gasteiger partial charge in [0.2, 0.25) is 0 Å². The molecule has 0 radical (unpaired) electrons. The van der Waals surface area contributed by atoms with Crippen molar-refractivity contribution in [3.63, 3.8) is 0 Å². The maximum absolute atomic E-state index is 4.89. The van der Waals surface area contributed by atoms with Crippen LogP contribution in [0.5, 0.6) is 0 Å². The fourth-order valence-electron chi connectivity index (χ4n) is 3.68. The predicted octanol–water partition coefficient (Wildman–Crippen LogP) is 3.45. The average molecular weight is 315 g/mol. The first-order valence-corrected chi connectivity index (χ1v) is 8.24. The van der Waals surface area contributed by atoms with Crippen molar-refractivity contribution in [1.82, 2.24) is 24.3 Å². The van der Waals surface area contributed by atoms with Gasteiger partial charge in [-0.05, 0) is 30.5 Å². The van der Waals surface area contributed by atoms with E-state index < -0.39 is 0 Å². The Morgan fingerprint density at radius 1 is 1.04 bits per heavy atom. The predicted molar refractivity (Wildman–Crippen MR) is 93.5 cm³/mol. The van der Waals surface area contributed by atoms with Crippen LogP contribution >= 0.6 is 0 Å². The highest BCUT2D eigenvalue weighted by Gasteiger charge is 2.26. The molecule has 24 heavy (non-hydrogen) atoms. The molecule has 0 saturated heterocycles. The Balaban J connectivity index is 1.86. The fraction of sp³-hybridized carbons (Fsp3) is 0.211. The monoisotopic (exact) mass is 315 g/mol. The molecular weight excluding hydrogens is 298 g/mol. The van der Waals surface area contributed by atoms with E-state index in [1.54, 1.807) is 0 Å². The molecule has 4 aromatic rings. The molecule has 1 aliphatic heterocycles. The highest BCUT2D eigenvalue weighted by molar-refractivity contribution is 5.98. The summed E-state index contributed by atoms with van der Waals surface area (Å²) in [5, 5.41) is 6.06. The fourth-order valence-corrected chi connectivity index (χ4v) is 3.68. The lowest BCUT2D eigenvalue weighted by Crippen LogP contribution is -1.97. The summed E-state index contributed by atoms with van der Waals surface area (Å²) in [4.78, 5) is 9.04. The molecule has 5 nitrogen and oxygen atoms in total. The van der Waals surface area contributed by atoms with Crippen LogP contribution in [0.15, 0.2) is 48.9 Å². The molecule has 3 aromatic heterocycles. The summed E-state index contributed by atoms with van der Waals surface area (Å²) in [6, 6.07) is 10.4. The Morgan fingerprint density at radius 2 is 1.96 bits per heavy atom. The lowest BCUT2D eigenvalue weighted by Gasteiger charge is -2.08. The molecule has 0 unspecified atom stereocenters. The third kappa shape index (κ3) is 1.84. The number of para-hydroxylation sites is 1. The Labute approximate surface area is 139 Å². The van der Waals surface area contributed by atoms with Crippen LogP contribution in [0.2, 0.25) is 0 Å². The van der Waals surface area contributed by atoms with Crippen molar-refractivity contribution in [3.8, 4) is 22.6 Å². The summed E-state index contributed by atoms with van der Waals surface area (Å²) < 4.78 is 4.18. The quantitative estimate of drug-likeness (QED) is 0.569. The van der Waals surface area contributed by atoms with Crippen molar-refractivity contribution in [2.24, 2.45) is 7.05 Å². The van der Waals surface area contributed by atoms with E-state index in [9.17, 15) is 0 Å². The normalized spacial score (nSPS) is 13.5. The van der Waals surface area contributed by atoms with Gasteiger partial charge in [0.05, 0.1) is 5.52 Å². The number of hydrogen-bond acceptors (Lipinski definition) is 3. The maximum atomic E-state index is 4.89. The molecule has 0 aliphatic carbocycles. The van der Waals surface area contributed by atoms with Crippen LogP contribution in [0.4, 0.5) is 0 Å². The van der Waals surface area contributed by atoms with Gasteiger partial charge < -0.3 is 4.57 Å². The van der Waals surface area contributed by atoms with Crippen molar-refractivity contribution < 1.29 is 0 Å². The lowest BCUT2D eigenvalue weighted by molar-refractivity contribution is 0.657. The van der Waals surface area contributed by atoms with Crippen molar-refractivity contribution >= 4 is 10.9 Å². The minimum Gasteiger partial charge on any atom is -0.333 e. The minimum absolute atomic E-state index is 0.910. The van der Waals surface area contributed by atoms with Crippen molar-refractivity contribution in [2.75, 3.05) is 0 Å². The van der Waals surface area contributed by atoms with E-state index in [1.807, 2.05) is 36.3 Å². The van der Waals surface area contributed by atoms with Crippen molar-refractivity contribution in [2.45, 2.75) is 19.4 Å². The third-order valence-electron chi connectivity index (χ3n) is 4.79. The van der Waals surface area contributed by atoms with Gasteiger partial charge in [-0.15, -0.1) is 0 Å². The Kier molecular flexibility index (Phi) is 2.82. The van der Waals surface area contributed by atoms with E-state index in [0.717, 1.165) is 41.8 Å². The van der Waals surface area contributed by atoms with Gasteiger partial charge >= 0.3 is 0 Å². The molecule has 0 atom stereocenters. The van der Waals surface area contributed by atoms with Crippen LogP contribution in [0.25, 0.3) is 33.5 Å². The van der Waals surface area contributed by atoms with Gasteiger partial charge in [-0.1, -0.05) is 18.2 Å². The average Bonchev–Trinajstić information content (AvgIpc) is 3.29. The molecule has 0 N–H and O–H groups in total. The number of benzene rings is 1. The second-order valence-corrected chi connectivity index (χ2v) is 6.23. The number of nitrogens with zero attached hydrogens (tertiary/aromatic N) is 5. The van der Waals surface area contributed by atoms with Gasteiger partial charge in [-0.3, -0.25) is 9.67 Å². The summed E-state index contributed by atoms with van der Waals surface area (Å²) >= 11 is 0. The van der Waals surface area contributed by atoms with E-state index in [4.69, 9.17) is 5.10 Å². The molecule has 0 amide bonds. The van der Waals surface area contributed by atoms with Crippen LogP contribution in [-0.2, 0) is 20.0 Å². The van der Waals surface area contributed by atoms with E-state index >= 15 is 0 Å². The Bertz CT molecular complexity index is 1050. The van der Waals surface area contributed by atoms with Crippen LogP contribution in [0.1, 0.15) is 12.1 Å². The zero-order chi connectivity index (χ0) is 16.1. The van der Waals surface area contributed by atoms with Gasteiger partial charge in [-0.2, -0.15) is 5.10 Å². The van der Waals surface area contributed by atoms with Crippen molar-refractivity contribution in [3.05, 3.63) is 54.6 Å². The van der Waals surface area contributed by atoms with Crippen molar-refractivity contribution in [1.29, 1.82) is 0 Å². The van der Waals surface area contributed by atoms with Gasteiger partial charge in [0.1, 0.15) is 5.69 Å². The van der Waals surface area contributed by atoms with Gasteiger partial charge in [0.15, 0.2) is 5.82 Å². The molecule has 0 bridgehead atoms. The zero-order valence-corrected chi connectivity index (χ0v) is 13.5. The number of imidazole rings is 1. The number of aromatic nitrogens is 5. The molecule has 0 fully saturated rings. The maximum Gasteiger partial charge on any atom is 0.160 e. The molecule has 5 rings (SSSR count). The topological polar surface area (TPSA) is 48.5 Å². The van der Waals surface area contributed by atoms with E-state index in [1.165, 1.54) is 16.8 Å². The highest BCUT2D eigenvalue weighted by atomic mass is 15.3. The number of hydrogen-bond donors (Lipinski definition) is 0. The van der Waals surface area contributed by atoms with Crippen LogP contribution in [0, 0.1) is 0 Å². The van der Waals surface area contributed by atoms with Crippen LogP contribution in [-0.4, -0.2) is 24.3 Å². The van der Waals surface area contributed by atoms with E-state index in [0.29, 0.717) is 0 Å². The Hall–Kier alpha value is -2.95. The first-order chi connectivity index (χ1) is 11.8. The molecule has 1 aromatic carbocycles. The number of fused-ring (bicyclic) bond motifs is 2. The molecular formula is C19H17N5. The second kappa shape index (κ2) is 5.03. The van der Waals surface area contributed by atoms with Crippen LogP contribution < -0.4 is 0 Å². The summed E-state index contributed by atoms with van der Waals surface area (Å²) in [5.41, 5.74) is 5.69. The summed E-state index contributed by atoms with van der Waals surface area (Å²) in [6.45, 7) is 0.982. The highest BCUT2D eigenvalue weighted by Crippen LogP contribution is 2.39. The van der Waals surface area contributed by atoms with Crippen LogP contribution in [0.3, 0.4) is 0 Å². The smallest absolute Gasteiger partial charge is 0.160 e. The number of aryl methyl sites for hydroxylation is 2. The molecule has 118 valence electrons. The van der Waals surface area contributed by atoms with Gasteiger partial charge in [0.25, 0.3) is 0 Å². The first kappa shape index (κ1) is 13.5. The van der Waals surface area contributed by atoms with E-state index in [2.05, 4.69) is 38.9 Å². The summed E-state index contributed by atoms with van der Waals surface area (Å²) in [5.74, 6) is 0.910. The summed E-state index contributed by atoms with van der Waals surface area (Å²) in [6.07, 6.45) is 7.89.